The molecule has 0 saturated carbocycles. The molecule has 30 heavy (non-hydrogen) atoms. The normalized spacial score (nSPS) is 14.7. The second kappa shape index (κ2) is 9.89. The fourth-order valence-corrected chi connectivity index (χ4v) is 3.90. The molecule has 1 saturated heterocycles. The van der Waals surface area contributed by atoms with Gasteiger partial charge in [0.15, 0.2) is 0 Å². The molecule has 3 rings (SSSR count). The van der Waals surface area contributed by atoms with Crippen molar-refractivity contribution in [2.24, 2.45) is 0 Å². The number of amides is 1. The molecule has 0 atom stereocenters. The first-order valence-corrected chi connectivity index (χ1v) is 10.6. The molecule has 0 N–H and O–H groups in total. The third-order valence-corrected chi connectivity index (χ3v) is 5.56. The molecule has 0 bridgehead atoms. The fourth-order valence-electron chi connectivity index (χ4n) is 3.90. The standard InChI is InChI=1S/C23H30FN3O3/c1-4-10-25-11-13-26(14-12-25)22(28)16-27-17(3)20(23(29)30-5-2)15-21(27)18-6-8-19(24)9-7-18/h6-9,15H,4-5,10-14,16H2,1-3H3. The van der Waals surface area contributed by atoms with E-state index < -0.39 is 5.97 Å². The van der Waals surface area contributed by atoms with Crippen LogP contribution in [-0.4, -0.2) is 65.6 Å². The van der Waals surface area contributed by atoms with Gasteiger partial charge in [0.2, 0.25) is 5.91 Å². The Kier molecular flexibility index (Phi) is 7.26. The van der Waals surface area contributed by atoms with Crippen LogP contribution < -0.4 is 0 Å². The topological polar surface area (TPSA) is 54.8 Å². The van der Waals surface area contributed by atoms with Crippen LogP contribution in [0.3, 0.4) is 0 Å². The third-order valence-electron chi connectivity index (χ3n) is 5.56. The molecule has 1 aromatic carbocycles. The number of carbonyl (C=O) groups is 2. The summed E-state index contributed by atoms with van der Waals surface area (Å²) in [6.45, 7) is 10.3. The predicted molar refractivity (Wildman–Crippen MR) is 114 cm³/mol. The second-order valence-electron chi connectivity index (χ2n) is 7.56. The van der Waals surface area contributed by atoms with Gasteiger partial charge in [-0.15, -0.1) is 0 Å². The highest BCUT2D eigenvalue weighted by Gasteiger charge is 2.25. The molecule has 6 nitrogen and oxygen atoms in total. The van der Waals surface area contributed by atoms with Crippen molar-refractivity contribution >= 4 is 11.9 Å². The molecule has 1 aromatic heterocycles. The number of ether oxygens (including phenoxy) is 1. The molecule has 0 unspecified atom stereocenters. The number of aromatic nitrogens is 1. The molecule has 1 amide bonds. The molecule has 162 valence electrons. The summed E-state index contributed by atoms with van der Waals surface area (Å²) in [4.78, 5) is 29.7. The van der Waals surface area contributed by atoms with E-state index in [-0.39, 0.29) is 24.9 Å². The van der Waals surface area contributed by atoms with Gasteiger partial charge in [0, 0.05) is 37.6 Å². The SMILES string of the molecule is CCCN1CCN(C(=O)Cn2c(-c3ccc(F)cc3)cc(C(=O)OCC)c2C)CC1. The van der Waals surface area contributed by atoms with Crippen LogP contribution in [0.1, 0.15) is 36.3 Å². The Morgan fingerprint density at radius 2 is 1.73 bits per heavy atom. The lowest BCUT2D eigenvalue weighted by molar-refractivity contribution is -0.133. The number of rotatable bonds is 7. The Hall–Kier alpha value is -2.67. The minimum Gasteiger partial charge on any atom is -0.462 e. The van der Waals surface area contributed by atoms with Gasteiger partial charge in [-0.1, -0.05) is 6.92 Å². The Bertz CT molecular complexity index is 884. The Morgan fingerprint density at radius 3 is 2.33 bits per heavy atom. The predicted octanol–water partition coefficient (Wildman–Crippen LogP) is 3.33. The molecular weight excluding hydrogens is 385 g/mol. The quantitative estimate of drug-likeness (QED) is 0.651. The van der Waals surface area contributed by atoms with Crippen molar-refractivity contribution in [3.8, 4) is 11.3 Å². The van der Waals surface area contributed by atoms with Gasteiger partial charge in [-0.2, -0.15) is 0 Å². The number of halogens is 1. The van der Waals surface area contributed by atoms with Gasteiger partial charge >= 0.3 is 5.97 Å². The molecule has 2 aromatic rings. The van der Waals surface area contributed by atoms with Crippen molar-refractivity contribution < 1.29 is 18.7 Å². The van der Waals surface area contributed by atoms with E-state index in [2.05, 4.69) is 11.8 Å². The Labute approximate surface area is 177 Å². The molecule has 0 spiro atoms. The first-order chi connectivity index (χ1) is 14.4. The van der Waals surface area contributed by atoms with Gasteiger partial charge in [0.05, 0.1) is 12.2 Å². The van der Waals surface area contributed by atoms with Gasteiger partial charge in [0.1, 0.15) is 12.4 Å². The fraction of sp³-hybridized carbons (Fsp3) is 0.478. The van der Waals surface area contributed by atoms with E-state index in [0.29, 0.717) is 30.0 Å². The third kappa shape index (κ3) is 4.90. The average Bonchev–Trinajstić information content (AvgIpc) is 3.06. The average molecular weight is 416 g/mol. The first-order valence-electron chi connectivity index (χ1n) is 10.6. The summed E-state index contributed by atoms with van der Waals surface area (Å²) in [5.41, 5.74) is 2.55. The van der Waals surface area contributed by atoms with Crippen molar-refractivity contribution in [3.05, 3.63) is 47.4 Å². The van der Waals surface area contributed by atoms with E-state index in [1.165, 1.54) is 12.1 Å². The number of nitrogens with zero attached hydrogens (tertiary/aromatic N) is 3. The lowest BCUT2D eigenvalue weighted by atomic mass is 10.1. The zero-order valence-electron chi connectivity index (χ0n) is 18.0. The number of hydrogen-bond acceptors (Lipinski definition) is 4. The number of carbonyl (C=O) groups excluding carboxylic acids is 2. The van der Waals surface area contributed by atoms with Crippen LogP contribution in [0.2, 0.25) is 0 Å². The highest BCUT2D eigenvalue weighted by molar-refractivity contribution is 5.93. The summed E-state index contributed by atoms with van der Waals surface area (Å²) in [6, 6.07) is 7.79. The van der Waals surface area contributed by atoms with Gasteiger partial charge < -0.3 is 14.2 Å². The monoisotopic (exact) mass is 415 g/mol. The molecule has 1 fully saturated rings. The molecule has 7 heteroatoms. The number of piperazine rings is 1. The van der Waals surface area contributed by atoms with Crippen molar-refractivity contribution in [2.45, 2.75) is 33.7 Å². The summed E-state index contributed by atoms with van der Waals surface area (Å²) in [7, 11) is 0. The molecule has 1 aliphatic heterocycles. The summed E-state index contributed by atoms with van der Waals surface area (Å²) in [5.74, 6) is -0.735. The largest absolute Gasteiger partial charge is 0.462 e. The minimum absolute atomic E-state index is 0.0172. The van der Waals surface area contributed by atoms with Gasteiger partial charge in [-0.25, -0.2) is 9.18 Å². The Balaban J connectivity index is 1.86. The van der Waals surface area contributed by atoms with Crippen LogP contribution >= 0.6 is 0 Å². The summed E-state index contributed by atoms with van der Waals surface area (Å²) < 4.78 is 20.4. The van der Waals surface area contributed by atoms with E-state index in [9.17, 15) is 14.0 Å². The maximum Gasteiger partial charge on any atom is 0.339 e. The van der Waals surface area contributed by atoms with Gasteiger partial charge in [-0.05, 0) is 62.7 Å². The lowest BCUT2D eigenvalue weighted by Gasteiger charge is -2.34. The minimum atomic E-state index is -0.419. The van der Waals surface area contributed by atoms with Crippen LogP contribution in [0.4, 0.5) is 4.39 Å². The molecule has 2 heterocycles. The molecule has 0 radical (unpaired) electrons. The summed E-state index contributed by atoms with van der Waals surface area (Å²) in [6.07, 6.45) is 1.11. The van der Waals surface area contributed by atoms with Crippen LogP contribution in [0.5, 0.6) is 0 Å². The molecule has 1 aliphatic rings. The van der Waals surface area contributed by atoms with Gasteiger partial charge in [0.25, 0.3) is 0 Å². The zero-order chi connectivity index (χ0) is 21.7. The molecule has 0 aliphatic carbocycles. The zero-order valence-corrected chi connectivity index (χ0v) is 18.0. The van der Waals surface area contributed by atoms with Crippen LogP contribution in [0, 0.1) is 12.7 Å². The van der Waals surface area contributed by atoms with Gasteiger partial charge in [-0.3, -0.25) is 9.69 Å². The van der Waals surface area contributed by atoms with Crippen LogP contribution in [0.25, 0.3) is 11.3 Å². The van der Waals surface area contributed by atoms with Crippen LogP contribution in [0.15, 0.2) is 30.3 Å². The van der Waals surface area contributed by atoms with E-state index in [4.69, 9.17) is 4.74 Å². The smallest absolute Gasteiger partial charge is 0.339 e. The van der Waals surface area contributed by atoms with Crippen LogP contribution in [-0.2, 0) is 16.1 Å². The highest BCUT2D eigenvalue weighted by atomic mass is 19.1. The van der Waals surface area contributed by atoms with E-state index in [1.807, 2.05) is 16.4 Å². The molecular formula is C23H30FN3O3. The summed E-state index contributed by atoms with van der Waals surface area (Å²) >= 11 is 0. The van der Waals surface area contributed by atoms with E-state index in [1.54, 1.807) is 25.1 Å². The maximum atomic E-state index is 13.4. The lowest BCUT2D eigenvalue weighted by Crippen LogP contribution is -2.49. The first kappa shape index (κ1) is 22.0. The Morgan fingerprint density at radius 1 is 1.07 bits per heavy atom. The number of esters is 1. The van der Waals surface area contributed by atoms with Crippen molar-refractivity contribution in [1.82, 2.24) is 14.4 Å². The van der Waals surface area contributed by atoms with Crippen molar-refractivity contribution in [3.63, 3.8) is 0 Å². The number of benzene rings is 1. The van der Waals surface area contributed by atoms with E-state index in [0.717, 1.165) is 31.6 Å². The van der Waals surface area contributed by atoms with Crippen molar-refractivity contribution in [2.75, 3.05) is 39.3 Å². The summed E-state index contributed by atoms with van der Waals surface area (Å²) in [5, 5.41) is 0. The van der Waals surface area contributed by atoms with Crippen molar-refractivity contribution in [1.29, 1.82) is 0 Å². The maximum absolute atomic E-state index is 13.4. The number of hydrogen-bond donors (Lipinski definition) is 0. The van der Waals surface area contributed by atoms with E-state index >= 15 is 0 Å². The highest BCUT2D eigenvalue weighted by Crippen LogP contribution is 2.27. The second-order valence-corrected chi connectivity index (χ2v) is 7.56.